The number of halogens is 2. The summed E-state index contributed by atoms with van der Waals surface area (Å²) in [4.78, 5) is 25.2. The largest absolute Gasteiger partial charge is 0.447 e. The van der Waals surface area contributed by atoms with Crippen molar-refractivity contribution in [1.82, 2.24) is 20.1 Å². The van der Waals surface area contributed by atoms with Crippen LogP contribution in [0.3, 0.4) is 0 Å². The number of nitrogens with one attached hydrogen (secondary N) is 1. The van der Waals surface area contributed by atoms with Crippen molar-refractivity contribution in [1.29, 1.82) is 0 Å². The summed E-state index contributed by atoms with van der Waals surface area (Å²) in [7, 11) is 0. The number of carbonyl (C=O) groups excluding carboxylic acids is 1. The van der Waals surface area contributed by atoms with Crippen LogP contribution >= 0.6 is 0 Å². The molecule has 32 heavy (non-hydrogen) atoms. The Balaban J connectivity index is 1.55. The molecule has 0 aliphatic carbocycles. The molecule has 12 heteroatoms. The molecule has 0 radical (unpaired) electrons. The van der Waals surface area contributed by atoms with Gasteiger partial charge in [0.05, 0.1) is 12.3 Å². The van der Waals surface area contributed by atoms with Crippen LogP contribution in [0.25, 0.3) is 11.4 Å². The predicted molar refractivity (Wildman–Crippen MR) is 108 cm³/mol. The standard InChI is InChI=1S/C20H20F2N6O4/c1-9-4-5-12(6-13(9)21)16-25-18(32-27-16)10(2)24-19-23-7-14(22)17(26-19)28-15(11(3)29)8-31-20(28)30/h4-7,10-11,15,29H,8H2,1-3H3,(H,23,24,26)/t10-,11+,15?/m0/s1. The fraction of sp³-hybridized carbons (Fsp3) is 0.350. The SMILES string of the molecule is Cc1ccc(-c2noc([C@H](C)Nc3ncc(F)c(N4C(=O)OCC4[C@@H](C)O)n3)n2)cc1F. The number of nitrogens with zero attached hydrogens (tertiary/aromatic N) is 5. The normalized spacial score (nSPS) is 17.9. The maximum absolute atomic E-state index is 14.4. The monoisotopic (exact) mass is 446 g/mol. The summed E-state index contributed by atoms with van der Waals surface area (Å²) >= 11 is 0. The molecule has 0 spiro atoms. The summed E-state index contributed by atoms with van der Waals surface area (Å²) in [5.74, 6) is -1.22. The summed E-state index contributed by atoms with van der Waals surface area (Å²) in [6.07, 6.45) is -0.884. The van der Waals surface area contributed by atoms with E-state index < -0.39 is 30.1 Å². The van der Waals surface area contributed by atoms with Crippen molar-refractivity contribution in [2.75, 3.05) is 16.8 Å². The molecule has 1 aromatic carbocycles. The summed E-state index contributed by atoms with van der Waals surface area (Å²) in [5.41, 5.74) is 0.948. The Kier molecular flexibility index (Phi) is 5.70. The average molecular weight is 446 g/mol. The topological polar surface area (TPSA) is 127 Å². The Hall–Kier alpha value is -3.67. The van der Waals surface area contributed by atoms with Crippen LogP contribution in [0, 0.1) is 18.6 Å². The summed E-state index contributed by atoms with van der Waals surface area (Å²) in [6.45, 7) is 4.70. The lowest BCUT2D eigenvalue weighted by Gasteiger charge is -2.23. The number of ether oxygens (including phenoxy) is 1. The van der Waals surface area contributed by atoms with Gasteiger partial charge in [0.1, 0.15) is 24.5 Å². The molecule has 1 aliphatic rings. The minimum atomic E-state index is -0.963. The summed E-state index contributed by atoms with van der Waals surface area (Å²) in [5, 5.41) is 16.6. The van der Waals surface area contributed by atoms with Gasteiger partial charge in [0, 0.05) is 5.56 Å². The van der Waals surface area contributed by atoms with Gasteiger partial charge < -0.3 is 19.7 Å². The molecule has 4 rings (SSSR count). The van der Waals surface area contributed by atoms with E-state index in [2.05, 4.69) is 25.4 Å². The quantitative estimate of drug-likeness (QED) is 0.587. The van der Waals surface area contributed by atoms with Crippen LogP contribution in [0.4, 0.5) is 25.3 Å². The molecule has 0 bridgehead atoms. The zero-order valence-electron chi connectivity index (χ0n) is 17.4. The van der Waals surface area contributed by atoms with Crippen LogP contribution < -0.4 is 10.2 Å². The second-order valence-corrected chi connectivity index (χ2v) is 7.41. The van der Waals surface area contributed by atoms with E-state index in [-0.39, 0.29) is 35.9 Å². The van der Waals surface area contributed by atoms with E-state index in [9.17, 15) is 18.7 Å². The molecule has 168 valence electrons. The van der Waals surface area contributed by atoms with Crippen molar-refractivity contribution in [3.8, 4) is 11.4 Å². The number of rotatable bonds is 6. The molecule has 1 aliphatic heterocycles. The number of carbonyl (C=O) groups is 1. The summed E-state index contributed by atoms with van der Waals surface area (Å²) < 4.78 is 38.4. The maximum Gasteiger partial charge on any atom is 0.416 e. The number of hydrogen-bond donors (Lipinski definition) is 2. The molecule has 1 fully saturated rings. The van der Waals surface area contributed by atoms with Crippen LogP contribution in [0.15, 0.2) is 28.9 Å². The van der Waals surface area contributed by atoms with E-state index in [0.717, 1.165) is 11.1 Å². The van der Waals surface area contributed by atoms with Crippen LogP contribution in [0.5, 0.6) is 0 Å². The van der Waals surface area contributed by atoms with Crippen molar-refractivity contribution in [2.45, 2.75) is 39.0 Å². The van der Waals surface area contributed by atoms with Gasteiger partial charge in [-0.05, 0) is 32.4 Å². The van der Waals surface area contributed by atoms with E-state index in [1.807, 2.05) is 0 Å². The van der Waals surface area contributed by atoms with Gasteiger partial charge >= 0.3 is 6.09 Å². The number of aliphatic hydroxyl groups is 1. The maximum atomic E-state index is 14.4. The van der Waals surface area contributed by atoms with Gasteiger partial charge in [-0.25, -0.2) is 23.5 Å². The fourth-order valence-electron chi connectivity index (χ4n) is 3.15. The average Bonchev–Trinajstić information content (AvgIpc) is 3.39. The molecule has 2 N–H and O–H groups in total. The number of aryl methyl sites for hydroxylation is 1. The molecule has 3 atom stereocenters. The van der Waals surface area contributed by atoms with Crippen molar-refractivity contribution in [3.05, 3.63) is 47.5 Å². The van der Waals surface area contributed by atoms with Gasteiger partial charge in [-0.15, -0.1) is 0 Å². The smallest absolute Gasteiger partial charge is 0.416 e. The van der Waals surface area contributed by atoms with E-state index in [4.69, 9.17) is 9.26 Å². The molecule has 2 aromatic heterocycles. The Morgan fingerprint density at radius 3 is 2.75 bits per heavy atom. The molecule has 1 amide bonds. The van der Waals surface area contributed by atoms with Crippen molar-refractivity contribution in [3.63, 3.8) is 0 Å². The Labute approximate surface area is 181 Å². The first-order chi connectivity index (χ1) is 15.2. The van der Waals surface area contributed by atoms with Gasteiger partial charge in [-0.3, -0.25) is 0 Å². The van der Waals surface area contributed by atoms with Crippen LogP contribution in [0.2, 0.25) is 0 Å². The zero-order chi connectivity index (χ0) is 23.0. The van der Waals surface area contributed by atoms with E-state index in [1.165, 1.54) is 13.0 Å². The van der Waals surface area contributed by atoms with Crippen LogP contribution in [-0.4, -0.2) is 50.1 Å². The number of amides is 1. The molecule has 3 heterocycles. The number of aliphatic hydroxyl groups excluding tert-OH is 1. The number of hydrogen-bond acceptors (Lipinski definition) is 9. The van der Waals surface area contributed by atoms with Gasteiger partial charge in [0.25, 0.3) is 0 Å². The molecule has 3 aromatic rings. The predicted octanol–water partition coefficient (Wildman–Crippen LogP) is 2.99. The van der Waals surface area contributed by atoms with Crippen LogP contribution in [-0.2, 0) is 4.74 Å². The Morgan fingerprint density at radius 1 is 1.25 bits per heavy atom. The molecule has 1 saturated heterocycles. The first kappa shape index (κ1) is 21.6. The van der Waals surface area contributed by atoms with E-state index in [1.54, 1.807) is 26.0 Å². The third-order valence-corrected chi connectivity index (χ3v) is 5.00. The number of anilines is 2. The highest BCUT2D eigenvalue weighted by atomic mass is 19.1. The Bertz CT molecular complexity index is 1150. The number of cyclic esters (lactones) is 1. The lowest BCUT2D eigenvalue weighted by Crippen LogP contribution is -2.42. The van der Waals surface area contributed by atoms with Crippen molar-refractivity contribution in [2.24, 2.45) is 0 Å². The van der Waals surface area contributed by atoms with Crippen molar-refractivity contribution < 1.29 is 27.9 Å². The molecular weight excluding hydrogens is 426 g/mol. The summed E-state index contributed by atoms with van der Waals surface area (Å²) in [6, 6.07) is 3.22. The first-order valence-electron chi connectivity index (χ1n) is 9.78. The highest BCUT2D eigenvalue weighted by molar-refractivity contribution is 5.89. The minimum absolute atomic E-state index is 0.0147. The highest BCUT2D eigenvalue weighted by Gasteiger charge is 2.39. The molecular formula is C20H20F2N6O4. The van der Waals surface area contributed by atoms with E-state index in [0.29, 0.717) is 11.1 Å². The van der Waals surface area contributed by atoms with E-state index >= 15 is 0 Å². The van der Waals surface area contributed by atoms with Gasteiger partial charge in [0.15, 0.2) is 11.6 Å². The second kappa shape index (κ2) is 8.46. The highest BCUT2D eigenvalue weighted by Crippen LogP contribution is 2.27. The first-order valence-corrected chi connectivity index (χ1v) is 9.78. The van der Waals surface area contributed by atoms with Gasteiger partial charge in [-0.2, -0.15) is 9.97 Å². The molecule has 10 nitrogen and oxygen atoms in total. The number of benzene rings is 1. The number of aromatic nitrogens is 4. The Morgan fingerprint density at radius 2 is 2.03 bits per heavy atom. The van der Waals surface area contributed by atoms with Gasteiger partial charge in [-0.1, -0.05) is 17.3 Å². The lowest BCUT2D eigenvalue weighted by molar-refractivity contribution is 0.142. The minimum Gasteiger partial charge on any atom is -0.447 e. The van der Waals surface area contributed by atoms with Crippen LogP contribution in [0.1, 0.15) is 31.3 Å². The fourth-order valence-corrected chi connectivity index (χ4v) is 3.15. The van der Waals surface area contributed by atoms with Gasteiger partial charge in [0.2, 0.25) is 17.7 Å². The zero-order valence-corrected chi connectivity index (χ0v) is 17.4. The molecule has 0 saturated carbocycles. The molecule has 1 unspecified atom stereocenters. The lowest BCUT2D eigenvalue weighted by atomic mass is 10.1. The van der Waals surface area contributed by atoms with Crippen molar-refractivity contribution >= 4 is 17.9 Å². The second-order valence-electron chi connectivity index (χ2n) is 7.41. The third-order valence-electron chi connectivity index (χ3n) is 5.00. The third kappa shape index (κ3) is 4.08.